The van der Waals surface area contributed by atoms with Crippen LogP contribution in [0.4, 0.5) is 0 Å². The van der Waals surface area contributed by atoms with Gasteiger partial charge < -0.3 is 14.2 Å². The van der Waals surface area contributed by atoms with Crippen molar-refractivity contribution in [3.8, 4) is 11.3 Å². The van der Waals surface area contributed by atoms with Crippen LogP contribution in [0, 0.1) is 0 Å². The van der Waals surface area contributed by atoms with Crippen LogP contribution < -0.4 is 0 Å². The molecule has 0 aliphatic carbocycles. The molecule has 0 saturated carbocycles. The molecule has 1 amide bonds. The topological polar surface area (TPSA) is 52.3 Å². The first-order valence-corrected chi connectivity index (χ1v) is 11.1. The SMILES string of the molecule is CC(=O)N1CCc2c(c(-c3cn(C(C)C)c4ccccc34)nn2C2CCOCC2)C1. The predicted molar refractivity (Wildman–Crippen MR) is 117 cm³/mol. The molecule has 4 heterocycles. The quantitative estimate of drug-likeness (QED) is 0.650. The number of hydrogen-bond donors (Lipinski definition) is 0. The molecule has 0 N–H and O–H groups in total. The van der Waals surface area contributed by atoms with Gasteiger partial charge in [-0.15, -0.1) is 0 Å². The Kier molecular flexibility index (Phi) is 4.89. The molecule has 0 radical (unpaired) electrons. The second kappa shape index (κ2) is 7.58. The number of nitrogens with zero attached hydrogens (tertiary/aromatic N) is 4. The molecule has 30 heavy (non-hydrogen) atoms. The highest BCUT2D eigenvalue weighted by molar-refractivity contribution is 5.96. The van der Waals surface area contributed by atoms with Crippen LogP contribution in [0.15, 0.2) is 30.5 Å². The van der Waals surface area contributed by atoms with Crippen LogP contribution in [0.5, 0.6) is 0 Å². The lowest BCUT2D eigenvalue weighted by Crippen LogP contribution is -2.35. The van der Waals surface area contributed by atoms with Crippen molar-refractivity contribution in [2.24, 2.45) is 0 Å². The minimum absolute atomic E-state index is 0.134. The summed E-state index contributed by atoms with van der Waals surface area (Å²) in [5.74, 6) is 0.134. The first kappa shape index (κ1) is 19.4. The maximum atomic E-state index is 12.1. The third kappa shape index (κ3) is 3.14. The maximum absolute atomic E-state index is 12.1. The molecule has 6 nitrogen and oxygen atoms in total. The van der Waals surface area contributed by atoms with E-state index in [0.29, 0.717) is 18.6 Å². The van der Waals surface area contributed by atoms with E-state index >= 15 is 0 Å². The minimum Gasteiger partial charge on any atom is -0.381 e. The first-order chi connectivity index (χ1) is 14.5. The smallest absolute Gasteiger partial charge is 0.219 e. The number of rotatable bonds is 3. The Morgan fingerprint density at radius 3 is 2.70 bits per heavy atom. The van der Waals surface area contributed by atoms with Gasteiger partial charge in [0.15, 0.2) is 0 Å². The largest absolute Gasteiger partial charge is 0.381 e. The lowest BCUT2D eigenvalue weighted by Gasteiger charge is -2.29. The Morgan fingerprint density at radius 2 is 1.97 bits per heavy atom. The van der Waals surface area contributed by atoms with Crippen molar-refractivity contribution >= 4 is 16.8 Å². The van der Waals surface area contributed by atoms with Crippen LogP contribution in [0.2, 0.25) is 0 Å². The third-order valence-corrected chi connectivity index (χ3v) is 6.62. The number of benzene rings is 1. The molecule has 0 atom stereocenters. The van der Waals surface area contributed by atoms with Gasteiger partial charge in [0.2, 0.25) is 5.91 Å². The molecule has 2 aliphatic heterocycles. The predicted octanol–water partition coefficient (Wildman–Crippen LogP) is 4.34. The summed E-state index contributed by atoms with van der Waals surface area (Å²) in [5, 5.41) is 6.44. The monoisotopic (exact) mass is 406 g/mol. The molecule has 5 rings (SSSR count). The highest BCUT2D eigenvalue weighted by Crippen LogP contribution is 2.38. The van der Waals surface area contributed by atoms with Crippen molar-refractivity contribution in [2.75, 3.05) is 19.8 Å². The maximum Gasteiger partial charge on any atom is 0.219 e. The summed E-state index contributed by atoms with van der Waals surface area (Å²) in [6.07, 6.45) is 5.11. The van der Waals surface area contributed by atoms with Crippen molar-refractivity contribution in [3.63, 3.8) is 0 Å². The van der Waals surface area contributed by atoms with Crippen LogP contribution in [-0.2, 0) is 22.5 Å². The van der Waals surface area contributed by atoms with E-state index in [9.17, 15) is 4.79 Å². The van der Waals surface area contributed by atoms with E-state index in [1.165, 1.54) is 27.7 Å². The fourth-order valence-corrected chi connectivity index (χ4v) is 4.98. The average Bonchev–Trinajstić information content (AvgIpc) is 3.32. The van der Waals surface area contributed by atoms with Crippen LogP contribution in [-0.4, -0.2) is 44.9 Å². The Bertz CT molecular complexity index is 1090. The van der Waals surface area contributed by atoms with Gasteiger partial charge in [-0.05, 0) is 32.8 Å². The Morgan fingerprint density at radius 1 is 1.20 bits per heavy atom. The zero-order valence-corrected chi connectivity index (χ0v) is 18.1. The van der Waals surface area contributed by atoms with Gasteiger partial charge in [-0.1, -0.05) is 18.2 Å². The summed E-state index contributed by atoms with van der Waals surface area (Å²) < 4.78 is 10.2. The van der Waals surface area contributed by atoms with Crippen LogP contribution >= 0.6 is 0 Å². The number of carbonyl (C=O) groups excluding carboxylic acids is 1. The van der Waals surface area contributed by atoms with Crippen molar-refractivity contribution in [1.82, 2.24) is 19.2 Å². The number of aromatic nitrogens is 3. The Labute approximate surface area is 177 Å². The average molecular weight is 407 g/mol. The summed E-state index contributed by atoms with van der Waals surface area (Å²) >= 11 is 0. The fourth-order valence-electron chi connectivity index (χ4n) is 4.98. The van der Waals surface area contributed by atoms with Gasteiger partial charge in [-0.3, -0.25) is 9.48 Å². The van der Waals surface area contributed by atoms with E-state index in [1.54, 1.807) is 6.92 Å². The molecule has 3 aromatic rings. The number of ether oxygens (including phenoxy) is 1. The Hall–Kier alpha value is -2.60. The standard InChI is InChI=1S/C24H30N4O2/c1-16(2)27-15-20(19-6-4-5-7-22(19)27)24-21-14-26(17(3)29)11-8-23(21)28(25-24)18-9-12-30-13-10-18/h4-7,15-16,18H,8-14H2,1-3H3. The molecule has 0 bridgehead atoms. The first-order valence-electron chi connectivity index (χ1n) is 11.1. The summed E-state index contributed by atoms with van der Waals surface area (Å²) in [6, 6.07) is 9.31. The van der Waals surface area contributed by atoms with E-state index < -0.39 is 0 Å². The molecule has 0 unspecified atom stereocenters. The third-order valence-electron chi connectivity index (χ3n) is 6.62. The van der Waals surface area contributed by atoms with E-state index in [2.05, 4.69) is 53.6 Å². The zero-order valence-electron chi connectivity index (χ0n) is 18.1. The summed E-state index contributed by atoms with van der Waals surface area (Å²) in [7, 11) is 0. The van der Waals surface area contributed by atoms with Crippen LogP contribution in [0.1, 0.15) is 57.0 Å². The van der Waals surface area contributed by atoms with Gasteiger partial charge in [0.05, 0.1) is 11.7 Å². The van der Waals surface area contributed by atoms with Crippen LogP contribution in [0.25, 0.3) is 22.2 Å². The minimum atomic E-state index is 0.134. The second-order valence-electron chi connectivity index (χ2n) is 8.81. The molecule has 1 fully saturated rings. The molecule has 158 valence electrons. The van der Waals surface area contributed by atoms with Crippen LogP contribution in [0.3, 0.4) is 0 Å². The lowest BCUT2D eigenvalue weighted by molar-refractivity contribution is -0.129. The van der Waals surface area contributed by atoms with Crippen molar-refractivity contribution in [3.05, 3.63) is 41.7 Å². The molecule has 2 aromatic heterocycles. The molecule has 1 aromatic carbocycles. The number of para-hydroxylation sites is 1. The fraction of sp³-hybridized carbons (Fsp3) is 0.500. The van der Waals surface area contributed by atoms with E-state index in [-0.39, 0.29) is 5.91 Å². The summed E-state index contributed by atoms with van der Waals surface area (Å²) in [6.45, 7) is 9.09. The molecular weight excluding hydrogens is 376 g/mol. The lowest BCUT2D eigenvalue weighted by atomic mass is 9.99. The highest BCUT2D eigenvalue weighted by Gasteiger charge is 2.31. The van der Waals surface area contributed by atoms with Gasteiger partial charge in [0, 0.05) is 79.6 Å². The van der Waals surface area contributed by atoms with Gasteiger partial charge in [-0.25, -0.2) is 0 Å². The van der Waals surface area contributed by atoms with Crippen molar-refractivity contribution < 1.29 is 9.53 Å². The zero-order chi connectivity index (χ0) is 20.8. The van der Waals surface area contributed by atoms with Gasteiger partial charge >= 0.3 is 0 Å². The van der Waals surface area contributed by atoms with E-state index in [1.807, 2.05) is 4.90 Å². The summed E-state index contributed by atoms with van der Waals surface area (Å²) in [5.41, 5.74) is 5.96. The molecule has 0 spiro atoms. The number of carbonyl (C=O) groups is 1. The highest BCUT2D eigenvalue weighted by atomic mass is 16.5. The number of fused-ring (bicyclic) bond motifs is 2. The second-order valence-corrected chi connectivity index (χ2v) is 8.81. The van der Waals surface area contributed by atoms with Gasteiger partial charge in [-0.2, -0.15) is 5.10 Å². The van der Waals surface area contributed by atoms with Gasteiger partial charge in [0.25, 0.3) is 0 Å². The summed E-state index contributed by atoms with van der Waals surface area (Å²) in [4.78, 5) is 14.1. The molecular formula is C24H30N4O2. The normalized spacial score (nSPS) is 17.7. The molecule has 6 heteroatoms. The van der Waals surface area contributed by atoms with Crippen molar-refractivity contribution in [2.45, 2.75) is 58.7 Å². The number of hydrogen-bond acceptors (Lipinski definition) is 3. The Balaban J connectivity index is 1.70. The van der Waals surface area contributed by atoms with Gasteiger partial charge in [0.1, 0.15) is 0 Å². The van der Waals surface area contributed by atoms with E-state index in [0.717, 1.165) is 44.7 Å². The van der Waals surface area contributed by atoms with E-state index in [4.69, 9.17) is 9.84 Å². The molecule has 2 aliphatic rings. The van der Waals surface area contributed by atoms with Crippen molar-refractivity contribution in [1.29, 1.82) is 0 Å². The number of amides is 1. The molecule has 1 saturated heterocycles.